The number of carbonyl (C=O) groups excluding carboxylic acids is 1. The van der Waals surface area contributed by atoms with Crippen molar-refractivity contribution in [3.63, 3.8) is 0 Å². The lowest BCUT2D eigenvalue weighted by Gasteiger charge is -2.14. The second-order valence-corrected chi connectivity index (χ2v) is 4.75. The molecule has 0 radical (unpaired) electrons. The predicted octanol–water partition coefficient (Wildman–Crippen LogP) is 1.93. The first-order valence-corrected chi connectivity index (χ1v) is 6.96. The van der Waals surface area contributed by atoms with Crippen LogP contribution in [0.5, 0.6) is 0 Å². The minimum atomic E-state index is -0.590. The van der Waals surface area contributed by atoms with Gasteiger partial charge in [0.2, 0.25) is 0 Å². The first-order valence-electron chi connectivity index (χ1n) is 6.58. The number of rotatable bonds is 9. The molecule has 1 aromatic carbocycles. The number of hydrogen-bond acceptors (Lipinski definition) is 5. The molecule has 1 atom stereocenters. The van der Waals surface area contributed by atoms with E-state index in [0.717, 1.165) is 0 Å². The van der Waals surface area contributed by atoms with Gasteiger partial charge < -0.3 is 25.3 Å². The summed E-state index contributed by atoms with van der Waals surface area (Å²) in [5, 5.41) is 3.16. The fourth-order valence-corrected chi connectivity index (χ4v) is 1.59. The number of carbonyl (C=O) groups is 1. The summed E-state index contributed by atoms with van der Waals surface area (Å²) in [6.45, 7) is 3.46. The molecule has 1 rings (SSSR count). The number of methoxy groups -OCH3 is 1. The maximum Gasteiger partial charge on any atom is 0.253 e. The van der Waals surface area contributed by atoms with Gasteiger partial charge in [-0.3, -0.25) is 4.79 Å². The standard InChI is InChI=1S/C14H21ClN2O4/c1-10(21-8-7-20-6-5-19-2)14(18)17-11-3-4-12(15)13(16)9-11/h3-4,9-10H,5-8,16H2,1-2H3,(H,17,18). The summed E-state index contributed by atoms with van der Waals surface area (Å²) in [4.78, 5) is 11.9. The Morgan fingerprint density at radius 1 is 1.33 bits per heavy atom. The van der Waals surface area contributed by atoms with E-state index in [1.54, 1.807) is 32.2 Å². The van der Waals surface area contributed by atoms with Crippen LogP contribution in [0.15, 0.2) is 18.2 Å². The average Bonchev–Trinajstić information content (AvgIpc) is 2.46. The monoisotopic (exact) mass is 316 g/mol. The summed E-state index contributed by atoms with van der Waals surface area (Å²) >= 11 is 5.82. The number of benzene rings is 1. The molecule has 0 aliphatic carbocycles. The highest BCUT2D eigenvalue weighted by molar-refractivity contribution is 6.33. The molecule has 7 heteroatoms. The maximum atomic E-state index is 11.9. The molecular weight excluding hydrogens is 296 g/mol. The molecule has 0 spiro atoms. The summed E-state index contributed by atoms with van der Waals surface area (Å²) in [5.74, 6) is -0.256. The van der Waals surface area contributed by atoms with E-state index in [1.807, 2.05) is 0 Å². The van der Waals surface area contributed by atoms with Crippen LogP contribution >= 0.6 is 11.6 Å². The Kier molecular flexibility index (Phi) is 8.07. The molecule has 21 heavy (non-hydrogen) atoms. The summed E-state index contributed by atoms with van der Waals surface area (Å²) < 4.78 is 15.5. The Morgan fingerprint density at radius 2 is 2.05 bits per heavy atom. The van der Waals surface area contributed by atoms with Crippen LogP contribution in [-0.4, -0.2) is 45.5 Å². The first-order chi connectivity index (χ1) is 10.0. The minimum absolute atomic E-state index is 0.256. The summed E-state index contributed by atoms with van der Waals surface area (Å²) in [6, 6.07) is 4.90. The highest BCUT2D eigenvalue weighted by Gasteiger charge is 2.13. The van der Waals surface area contributed by atoms with Crippen molar-refractivity contribution in [2.24, 2.45) is 0 Å². The number of halogens is 1. The SMILES string of the molecule is COCCOCCOC(C)C(=O)Nc1ccc(Cl)c(N)c1. The van der Waals surface area contributed by atoms with E-state index in [-0.39, 0.29) is 5.91 Å². The van der Waals surface area contributed by atoms with Crippen molar-refractivity contribution in [1.82, 2.24) is 0 Å². The Bertz CT molecular complexity index is 457. The van der Waals surface area contributed by atoms with Crippen molar-refractivity contribution >= 4 is 28.9 Å². The lowest BCUT2D eigenvalue weighted by molar-refractivity contribution is -0.127. The quantitative estimate of drug-likeness (QED) is 0.537. The Labute approximate surface area is 129 Å². The Balaban J connectivity index is 2.29. The second kappa shape index (κ2) is 9.57. The fraction of sp³-hybridized carbons (Fsp3) is 0.500. The van der Waals surface area contributed by atoms with Crippen LogP contribution in [0, 0.1) is 0 Å². The van der Waals surface area contributed by atoms with Gasteiger partial charge in [-0.25, -0.2) is 0 Å². The van der Waals surface area contributed by atoms with Gasteiger partial charge in [0.15, 0.2) is 0 Å². The molecule has 0 saturated carbocycles. The highest BCUT2D eigenvalue weighted by atomic mass is 35.5. The number of nitrogens with two attached hydrogens (primary N) is 1. The zero-order chi connectivity index (χ0) is 15.7. The third-order valence-electron chi connectivity index (χ3n) is 2.66. The van der Waals surface area contributed by atoms with Crippen molar-refractivity contribution < 1.29 is 19.0 Å². The van der Waals surface area contributed by atoms with E-state index in [2.05, 4.69) is 5.32 Å². The molecule has 0 fully saturated rings. The van der Waals surface area contributed by atoms with Crippen molar-refractivity contribution in [3.8, 4) is 0 Å². The molecule has 0 aliphatic rings. The van der Waals surface area contributed by atoms with Crippen LogP contribution in [0.2, 0.25) is 5.02 Å². The van der Waals surface area contributed by atoms with Crippen molar-refractivity contribution in [1.29, 1.82) is 0 Å². The number of ether oxygens (including phenoxy) is 3. The summed E-state index contributed by atoms with van der Waals surface area (Å²) in [7, 11) is 1.61. The molecule has 1 aromatic rings. The van der Waals surface area contributed by atoms with Crippen LogP contribution < -0.4 is 11.1 Å². The lowest BCUT2D eigenvalue weighted by atomic mass is 10.2. The van der Waals surface area contributed by atoms with Crippen LogP contribution in [0.4, 0.5) is 11.4 Å². The predicted molar refractivity (Wildman–Crippen MR) is 82.6 cm³/mol. The molecule has 1 unspecified atom stereocenters. The van der Waals surface area contributed by atoms with Crippen molar-refractivity contribution in [2.45, 2.75) is 13.0 Å². The van der Waals surface area contributed by atoms with Gasteiger partial charge in [0.05, 0.1) is 37.1 Å². The average molecular weight is 317 g/mol. The van der Waals surface area contributed by atoms with E-state index >= 15 is 0 Å². The van der Waals surface area contributed by atoms with Crippen LogP contribution in [0.1, 0.15) is 6.92 Å². The largest absolute Gasteiger partial charge is 0.397 e. The van der Waals surface area contributed by atoms with E-state index in [4.69, 9.17) is 31.5 Å². The van der Waals surface area contributed by atoms with Gasteiger partial charge in [0, 0.05) is 12.8 Å². The zero-order valence-corrected chi connectivity index (χ0v) is 13.0. The number of nitrogen functional groups attached to an aromatic ring is 1. The van der Waals surface area contributed by atoms with Gasteiger partial charge in [0.25, 0.3) is 5.91 Å². The molecular formula is C14H21ClN2O4. The van der Waals surface area contributed by atoms with E-state index in [1.165, 1.54) is 0 Å². The molecule has 0 bridgehead atoms. The molecule has 1 amide bonds. The molecule has 0 heterocycles. The zero-order valence-electron chi connectivity index (χ0n) is 12.2. The van der Waals surface area contributed by atoms with Crippen LogP contribution in [-0.2, 0) is 19.0 Å². The van der Waals surface area contributed by atoms with E-state index < -0.39 is 6.10 Å². The number of hydrogen-bond donors (Lipinski definition) is 2. The minimum Gasteiger partial charge on any atom is -0.397 e. The van der Waals surface area contributed by atoms with E-state index in [9.17, 15) is 4.79 Å². The summed E-state index contributed by atoms with van der Waals surface area (Å²) in [5.41, 5.74) is 6.66. The number of anilines is 2. The molecule has 3 N–H and O–H groups in total. The molecule has 0 aromatic heterocycles. The van der Waals surface area contributed by atoms with Crippen LogP contribution in [0.3, 0.4) is 0 Å². The Hall–Kier alpha value is -1.34. The number of amides is 1. The van der Waals surface area contributed by atoms with Gasteiger partial charge in [-0.15, -0.1) is 0 Å². The maximum absolute atomic E-state index is 11.9. The lowest BCUT2D eigenvalue weighted by Crippen LogP contribution is -2.29. The van der Waals surface area contributed by atoms with Gasteiger partial charge in [-0.2, -0.15) is 0 Å². The second-order valence-electron chi connectivity index (χ2n) is 4.34. The third kappa shape index (κ3) is 6.77. The van der Waals surface area contributed by atoms with Gasteiger partial charge in [0.1, 0.15) is 6.10 Å². The van der Waals surface area contributed by atoms with Gasteiger partial charge in [-0.05, 0) is 25.1 Å². The summed E-state index contributed by atoms with van der Waals surface area (Å²) in [6.07, 6.45) is -0.590. The van der Waals surface area contributed by atoms with Crippen molar-refractivity contribution in [2.75, 3.05) is 44.6 Å². The topological polar surface area (TPSA) is 82.8 Å². The molecule has 0 saturated heterocycles. The molecule has 0 aliphatic heterocycles. The third-order valence-corrected chi connectivity index (χ3v) is 3.00. The van der Waals surface area contributed by atoms with Gasteiger partial charge in [-0.1, -0.05) is 11.6 Å². The smallest absolute Gasteiger partial charge is 0.253 e. The number of nitrogens with one attached hydrogen (secondary N) is 1. The van der Waals surface area contributed by atoms with E-state index in [0.29, 0.717) is 42.8 Å². The van der Waals surface area contributed by atoms with Gasteiger partial charge >= 0.3 is 0 Å². The first kappa shape index (κ1) is 17.7. The highest BCUT2D eigenvalue weighted by Crippen LogP contribution is 2.22. The fourth-order valence-electron chi connectivity index (χ4n) is 1.47. The molecule has 6 nitrogen and oxygen atoms in total. The Morgan fingerprint density at radius 3 is 2.71 bits per heavy atom. The van der Waals surface area contributed by atoms with Crippen LogP contribution in [0.25, 0.3) is 0 Å². The van der Waals surface area contributed by atoms with Crippen molar-refractivity contribution in [3.05, 3.63) is 23.2 Å². The molecule has 118 valence electrons. The normalized spacial score (nSPS) is 12.1.